The number of rotatable bonds is 2. The van der Waals surface area contributed by atoms with Gasteiger partial charge in [-0.15, -0.1) is 0 Å². The number of aromatic nitrogens is 4. The van der Waals surface area contributed by atoms with Gasteiger partial charge in [0.2, 0.25) is 0 Å². The molecule has 1 atom stereocenters. The minimum Gasteiger partial charge on any atom is -0.339 e. The van der Waals surface area contributed by atoms with E-state index in [0.29, 0.717) is 11.0 Å². The van der Waals surface area contributed by atoms with Crippen LogP contribution in [0.15, 0.2) is 60.8 Å². The number of halogens is 1. The van der Waals surface area contributed by atoms with Gasteiger partial charge in [0, 0.05) is 0 Å². The van der Waals surface area contributed by atoms with Crippen molar-refractivity contribution in [3.05, 3.63) is 78.0 Å². The summed E-state index contributed by atoms with van der Waals surface area (Å²) in [6.45, 7) is 0. The largest absolute Gasteiger partial charge is 0.339 e. The molecule has 0 saturated heterocycles. The molecule has 0 amide bonds. The van der Waals surface area contributed by atoms with Gasteiger partial charge in [-0.05, 0) is 70.0 Å². The van der Waals surface area contributed by atoms with Crippen LogP contribution < -0.4 is 5.57 Å². The van der Waals surface area contributed by atoms with Crippen molar-refractivity contribution in [1.82, 2.24) is 19.9 Å². The normalized spacial score (nSPS) is 12.7. The molecule has 1 aliphatic rings. The first-order valence-electron chi connectivity index (χ1n) is 9.87. The Morgan fingerprint density at radius 2 is 1.47 bits per heavy atom. The highest BCUT2D eigenvalue weighted by atomic mass is 31.0. The fraction of sp³-hybridized carbons (Fsp3) is 0.0833. The highest BCUT2D eigenvalue weighted by Crippen LogP contribution is 2.37. The minimum absolute atomic E-state index is 0.549. The highest BCUT2D eigenvalue weighted by Gasteiger charge is 2.18. The molecule has 6 heteroatoms. The monoisotopic (exact) mass is 412 g/mol. The molecule has 2 N–H and O–H groups in total. The average Bonchev–Trinajstić information content (AvgIpc) is 3.36. The Bertz CT molecular complexity index is 1430. The van der Waals surface area contributed by atoms with Gasteiger partial charge in [-0.2, -0.15) is 4.39 Å². The summed E-state index contributed by atoms with van der Waals surface area (Å²) in [5, 5.41) is 0. The van der Waals surface area contributed by atoms with Gasteiger partial charge in [0.1, 0.15) is 5.57 Å². The van der Waals surface area contributed by atoms with Crippen LogP contribution in [0.3, 0.4) is 0 Å². The number of benzene rings is 3. The van der Waals surface area contributed by atoms with Crippen LogP contribution in [0.1, 0.15) is 11.1 Å². The lowest BCUT2D eigenvalue weighted by molar-refractivity contribution is 0.556. The number of aryl methyl sites for hydroxylation is 2. The molecule has 30 heavy (non-hydrogen) atoms. The van der Waals surface area contributed by atoms with Gasteiger partial charge >= 0.3 is 0 Å². The van der Waals surface area contributed by atoms with Gasteiger partial charge in [0.15, 0.2) is 0 Å². The number of nitrogens with zero attached hydrogens (tertiary/aromatic N) is 2. The van der Waals surface area contributed by atoms with E-state index in [1.165, 1.54) is 22.3 Å². The molecule has 0 radical (unpaired) electrons. The average molecular weight is 412 g/mol. The molecule has 4 nitrogen and oxygen atoms in total. The van der Waals surface area contributed by atoms with E-state index in [9.17, 15) is 4.39 Å². The van der Waals surface area contributed by atoms with Crippen LogP contribution in [-0.2, 0) is 12.8 Å². The van der Waals surface area contributed by atoms with Crippen LogP contribution in [-0.4, -0.2) is 19.9 Å². The van der Waals surface area contributed by atoms with Crippen molar-refractivity contribution >= 4 is 25.8 Å². The smallest absolute Gasteiger partial charge is 0.287 e. The standard InChI is InChI=1S/C24H18FN4P/c25-23-27-20-8-5-14(11-21(20)28-23)13-3-6-18-15(9-13)1-2-16-10-17(4-7-19(16)18)22-12-26-24(30)29-22/h3-12H,1-2,30H2,(H,26,29)(H,27,28). The molecular weight excluding hydrogens is 394 g/mol. The SMILES string of the molecule is Fc1nc2ccc(-c3ccc4c(c3)CCc3cc(-c5cnc(P)[nH]5)ccc3-4)cc2[nH]1. The van der Waals surface area contributed by atoms with Gasteiger partial charge < -0.3 is 9.97 Å². The van der Waals surface area contributed by atoms with Crippen LogP contribution in [0.25, 0.3) is 44.5 Å². The zero-order chi connectivity index (χ0) is 20.2. The van der Waals surface area contributed by atoms with Gasteiger partial charge in [0.05, 0.1) is 22.9 Å². The lowest BCUT2D eigenvalue weighted by Crippen LogP contribution is -2.04. The summed E-state index contributed by atoms with van der Waals surface area (Å²) < 4.78 is 13.4. The molecule has 2 heterocycles. The summed E-state index contributed by atoms with van der Waals surface area (Å²) in [6, 6.07) is 19.1. The maximum absolute atomic E-state index is 13.4. The van der Waals surface area contributed by atoms with E-state index in [4.69, 9.17) is 0 Å². The van der Waals surface area contributed by atoms with Gasteiger partial charge in [-0.1, -0.05) is 45.6 Å². The third-order valence-corrected chi connectivity index (χ3v) is 6.15. The van der Waals surface area contributed by atoms with Crippen molar-refractivity contribution < 1.29 is 4.39 Å². The molecule has 5 aromatic rings. The van der Waals surface area contributed by atoms with Crippen LogP contribution in [0.2, 0.25) is 0 Å². The molecule has 6 rings (SSSR count). The number of hydrogen-bond donors (Lipinski definition) is 2. The van der Waals surface area contributed by atoms with E-state index in [1.54, 1.807) is 0 Å². The van der Waals surface area contributed by atoms with Gasteiger partial charge in [-0.3, -0.25) is 0 Å². The molecule has 3 aromatic carbocycles. The third-order valence-electron chi connectivity index (χ3n) is 5.86. The van der Waals surface area contributed by atoms with Gasteiger partial charge in [0.25, 0.3) is 6.08 Å². The van der Waals surface area contributed by atoms with E-state index >= 15 is 0 Å². The van der Waals surface area contributed by atoms with E-state index in [1.807, 2.05) is 24.4 Å². The summed E-state index contributed by atoms with van der Waals surface area (Å²) in [4.78, 5) is 14.1. The fourth-order valence-electron chi connectivity index (χ4n) is 4.38. The Morgan fingerprint density at radius 1 is 0.800 bits per heavy atom. The maximum atomic E-state index is 13.4. The molecule has 0 aliphatic heterocycles. The van der Waals surface area contributed by atoms with Crippen LogP contribution >= 0.6 is 9.24 Å². The number of fused-ring (bicyclic) bond motifs is 4. The van der Waals surface area contributed by atoms with Crippen molar-refractivity contribution in [2.75, 3.05) is 0 Å². The van der Waals surface area contributed by atoms with Crippen LogP contribution in [0, 0.1) is 6.08 Å². The molecule has 0 saturated carbocycles. The number of imidazole rings is 2. The predicted molar refractivity (Wildman–Crippen MR) is 121 cm³/mol. The summed E-state index contributed by atoms with van der Waals surface area (Å²) in [7, 11) is 2.59. The second kappa shape index (κ2) is 6.61. The summed E-state index contributed by atoms with van der Waals surface area (Å²) in [5.41, 5.74) is 11.9. The minimum atomic E-state index is -0.549. The molecule has 0 bridgehead atoms. The van der Waals surface area contributed by atoms with E-state index in [2.05, 4.69) is 65.6 Å². The molecule has 2 aromatic heterocycles. The van der Waals surface area contributed by atoms with Crippen molar-refractivity contribution in [1.29, 1.82) is 0 Å². The molecule has 146 valence electrons. The van der Waals surface area contributed by atoms with Crippen LogP contribution in [0.4, 0.5) is 4.39 Å². The molecule has 1 unspecified atom stereocenters. The van der Waals surface area contributed by atoms with E-state index in [-0.39, 0.29) is 0 Å². The molecule has 1 aliphatic carbocycles. The van der Waals surface area contributed by atoms with E-state index in [0.717, 1.165) is 40.8 Å². The number of H-pyrrole nitrogens is 2. The summed E-state index contributed by atoms with van der Waals surface area (Å²) in [5.74, 6) is 0. The first-order chi connectivity index (χ1) is 14.6. The Morgan fingerprint density at radius 3 is 2.20 bits per heavy atom. The third kappa shape index (κ3) is 2.86. The first kappa shape index (κ1) is 17.5. The predicted octanol–water partition coefficient (Wildman–Crippen LogP) is 5.03. The second-order valence-corrected chi connectivity index (χ2v) is 8.23. The first-order valence-corrected chi connectivity index (χ1v) is 10.4. The Kier molecular flexibility index (Phi) is 3.87. The maximum Gasteiger partial charge on any atom is 0.287 e. The topological polar surface area (TPSA) is 57.4 Å². The highest BCUT2D eigenvalue weighted by molar-refractivity contribution is 7.26. The Balaban J connectivity index is 1.39. The lowest BCUT2D eigenvalue weighted by Gasteiger charge is -2.21. The number of hydrogen-bond acceptors (Lipinski definition) is 2. The van der Waals surface area contributed by atoms with E-state index < -0.39 is 6.08 Å². The zero-order valence-corrected chi connectivity index (χ0v) is 17.2. The Hall–Kier alpha value is -3.30. The zero-order valence-electron chi connectivity index (χ0n) is 16.0. The summed E-state index contributed by atoms with van der Waals surface area (Å²) in [6.07, 6.45) is 3.33. The lowest BCUT2D eigenvalue weighted by atomic mass is 9.83. The molecule has 0 spiro atoms. The summed E-state index contributed by atoms with van der Waals surface area (Å²) >= 11 is 0. The molecule has 0 fully saturated rings. The van der Waals surface area contributed by atoms with Crippen molar-refractivity contribution in [2.24, 2.45) is 0 Å². The van der Waals surface area contributed by atoms with Gasteiger partial charge in [-0.25, -0.2) is 9.97 Å². The quantitative estimate of drug-likeness (QED) is 0.400. The van der Waals surface area contributed by atoms with Crippen molar-refractivity contribution in [3.8, 4) is 33.5 Å². The molecular formula is C24H18FN4P. The fourth-order valence-corrected chi connectivity index (χ4v) is 4.61. The number of nitrogens with one attached hydrogen (secondary N) is 2. The second-order valence-electron chi connectivity index (χ2n) is 7.69. The Labute approximate surface area is 174 Å². The number of aromatic amines is 2. The van der Waals surface area contributed by atoms with Crippen molar-refractivity contribution in [2.45, 2.75) is 12.8 Å². The van der Waals surface area contributed by atoms with Crippen LogP contribution in [0.5, 0.6) is 0 Å². The van der Waals surface area contributed by atoms with Crippen molar-refractivity contribution in [3.63, 3.8) is 0 Å².